The Kier molecular flexibility index (Phi) is 3.14. The van der Waals surface area contributed by atoms with Crippen molar-refractivity contribution in [2.24, 2.45) is 0 Å². The molecule has 0 aliphatic carbocycles. The normalized spacial score (nSPS) is 21.3. The Morgan fingerprint density at radius 2 is 1.89 bits per heavy atom. The molecular weight excluding hydrogens is 297 g/mol. The SMILES string of the molecule is CC1(C)NS(=O)(=O)C(c2ccc(Cl)cc2Cl)=C1O. The Labute approximate surface area is 115 Å². The van der Waals surface area contributed by atoms with Gasteiger partial charge in [-0.1, -0.05) is 29.3 Å². The van der Waals surface area contributed by atoms with E-state index in [-0.39, 0.29) is 21.3 Å². The molecule has 98 valence electrons. The molecule has 7 heteroatoms. The number of hydrogen-bond acceptors (Lipinski definition) is 3. The van der Waals surface area contributed by atoms with Gasteiger partial charge in [0.15, 0.2) is 0 Å². The lowest BCUT2D eigenvalue weighted by Crippen LogP contribution is -2.38. The summed E-state index contributed by atoms with van der Waals surface area (Å²) in [5, 5.41) is 10.6. The quantitative estimate of drug-likeness (QED) is 0.838. The van der Waals surface area contributed by atoms with Gasteiger partial charge in [-0.05, 0) is 26.0 Å². The molecule has 18 heavy (non-hydrogen) atoms. The Morgan fingerprint density at radius 3 is 2.33 bits per heavy atom. The highest BCUT2D eigenvalue weighted by atomic mass is 35.5. The van der Waals surface area contributed by atoms with E-state index in [9.17, 15) is 13.5 Å². The average molecular weight is 308 g/mol. The highest BCUT2D eigenvalue weighted by Gasteiger charge is 2.43. The third-order valence-corrected chi connectivity index (χ3v) is 4.92. The number of benzene rings is 1. The van der Waals surface area contributed by atoms with Crippen molar-refractivity contribution in [2.45, 2.75) is 19.4 Å². The minimum absolute atomic E-state index is 0.173. The maximum absolute atomic E-state index is 12.0. The zero-order valence-corrected chi connectivity index (χ0v) is 12.0. The van der Waals surface area contributed by atoms with Crippen LogP contribution in [0.1, 0.15) is 19.4 Å². The van der Waals surface area contributed by atoms with Crippen LogP contribution in [0.2, 0.25) is 10.0 Å². The topological polar surface area (TPSA) is 66.4 Å². The molecule has 0 atom stereocenters. The highest BCUT2D eigenvalue weighted by Crippen LogP contribution is 2.39. The largest absolute Gasteiger partial charge is 0.509 e. The third-order valence-electron chi connectivity index (χ3n) is 2.64. The van der Waals surface area contributed by atoms with Crippen LogP contribution in [0.5, 0.6) is 0 Å². The molecule has 4 nitrogen and oxygen atoms in total. The molecule has 2 N–H and O–H groups in total. The molecule has 1 aliphatic heterocycles. The van der Waals surface area contributed by atoms with E-state index in [2.05, 4.69) is 4.72 Å². The van der Waals surface area contributed by atoms with Crippen LogP contribution >= 0.6 is 23.2 Å². The molecule has 0 bridgehead atoms. The number of halogens is 2. The van der Waals surface area contributed by atoms with E-state index in [0.717, 1.165) is 0 Å². The monoisotopic (exact) mass is 307 g/mol. The lowest BCUT2D eigenvalue weighted by atomic mass is 10.0. The first kappa shape index (κ1) is 13.7. The van der Waals surface area contributed by atoms with Gasteiger partial charge in [0, 0.05) is 10.6 Å². The number of aliphatic hydroxyl groups is 1. The van der Waals surface area contributed by atoms with Crippen molar-refractivity contribution >= 4 is 38.1 Å². The van der Waals surface area contributed by atoms with Gasteiger partial charge in [-0.25, -0.2) is 8.42 Å². The van der Waals surface area contributed by atoms with Gasteiger partial charge in [0.1, 0.15) is 10.7 Å². The summed E-state index contributed by atoms with van der Waals surface area (Å²) in [6.45, 7) is 3.13. The van der Waals surface area contributed by atoms with Crippen molar-refractivity contribution in [3.63, 3.8) is 0 Å². The standard InChI is InChI=1S/C11H11Cl2NO3S/c1-11(2)10(15)9(18(16,17)14-11)7-4-3-6(12)5-8(7)13/h3-5,14-15H,1-2H3. The number of nitrogens with one attached hydrogen (secondary N) is 1. The molecule has 1 heterocycles. The summed E-state index contributed by atoms with van der Waals surface area (Å²) in [4.78, 5) is -0.200. The fraction of sp³-hybridized carbons (Fsp3) is 0.273. The molecular formula is C11H11Cl2NO3S. The number of sulfonamides is 1. The molecule has 1 aromatic carbocycles. The molecule has 0 amide bonds. The van der Waals surface area contributed by atoms with Gasteiger partial charge < -0.3 is 5.11 Å². The predicted octanol–water partition coefficient (Wildman–Crippen LogP) is 2.93. The highest BCUT2D eigenvalue weighted by molar-refractivity contribution is 7.99. The van der Waals surface area contributed by atoms with E-state index >= 15 is 0 Å². The molecule has 0 fully saturated rings. The van der Waals surface area contributed by atoms with Crippen LogP contribution in [0.15, 0.2) is 24.0 Å². The smallest absolute Gasteiger partial charge is 0.245 e. The second-order valence-electron chi connectivity index (χ2n) is 4.53. The molecule has 0 spiro atoms. The van der Waals surface area contributed by atoms with Crippen LogP contribution in [0.4, 0.5) is 0 Å². The van der Waals surface area contributed by atoms with E-state index in [0.29, 0.717) is 5.02 Å². The first-order valence-corrected chi connectivity index (χ1v) is 7.32. The number of rotatable bonds is 1. The lowest BCUT2D eigenvalue weighted by Gasteiger charge is -2.16. The minimum atomic E-state index is -3.78. The second kappa shape index (κ2) is 4.13. The molecule has 0 saturated carbocycles. The van der Waals surface area contributed by atoms with Crippen molar-refractivity contribution in [1.29, 1.82) is 0 Å². The molecule has 0 unspecified atom stereocenters. The first-order valence-electron chi connectivity index (χ1n) is 5.08. The van der Waals surface area contributed by atoms with Crippen molar-refractivity contribution in [1.82, 2.24) is 4.72 Å². The van der Waals surface area contributed by atoms with Crippen molar-refractivity contribution in [3.8, 4) is 0 Å². The predicted molar refractivity (Wildman–Crippen MR) is 72.1 cm³/mol. The summed E-state index contributed by atoms with van der Waals surface area (Å²) >= 11 is 11.7. The summed E-state index contributed by atoms with van der Waals surface area (Å²) < 4.78 is 26.4. The third kappa shape index (κ3) is 2.12. The Hall–Kier alpha value is -0.750. The van der Waals surface area contributed by atoms with E-state index in [4.69, 9.17) is 23.2 Å². The van der Waals surface area contributed by atoms with Gasteiger partial charge in [0.05, 0.1) is 10.6 Å². The van der Waals surface area contributed by atoms with Crippen LogP contribution < -0.4 is 4.72 Å². The van der Waals surface area contributed by atoms with Gasteiger partial charge in [-0.3, -0.25) is 0 Å². The van der Waals surface area contributed by atoms with Crippen LogP contribution in [0, 0.1) is 0 Å². The van der Waals surface area contributed by atoms with Crippen molar-refractivity contribution < 1.29 is 13.5 Å². The van der Waals surface area contributed by atoms with E-state index in [1.807, 2.05) is 0 Å². The summed E-state index contributed by atoms with van der Waals surface area (Å²) in [5.41, 5.74) is -0.812. The van der Waals surface area contributed by atoms with Crippen molar-refractivity contribution in [3.05, 3.63) is 39.6 Å². The van der Waals surface area contributed by atoms with Crippen LogP contribution in [-0.2, 0) is 10.0 Å². The maximum atomic E-state index is 12.0. The van der Waals surface area contributed by atoms with E-state index in [1.54, 1.807) is 13.8 Å². The Bertz CT molecular complexity index is 650. The summed E-state index contributed by atoms with van der Waals surface area (Å²) in [6.07, 6.45) is 0. The van der Waals surface area contributed by atoms with Gasteiger partial charge in [0.25, 0.3) is 0 Å². The molecule has 1 aliphatic rings. The molecule has 1 aromatic rings. The molecule has 0 radical (unpaired) electrons. The fourth-order valence-electron chi connectivity index (χ4n) is 1.79. The minimum Gasteiger partial charge on any atom is -0.509 e. The zero-order chi connectivity index (χ0) is 13.7. The first-order chi connectivity index (χ1) is 8.15. The Balaban J connectivity index is 2.73. The fourth-order valence-corrected chi connectivity index (χ4v) is 4.20. The van der Waals surface area contributed by atoms with Gasteiger partial charge >= 0.3 is 0 Å². The van der Waals surface area contributed by atoms with Crippen LogP contribution in [0.25, 0.3) is 4.91 Å². The molecule has 0 saturated heterocycles. The maximum Gasteiger partial charge on any atom is 0.245 e. The zero-order valence-electron chi connectivity index (χ0n) is 9.66. The number of aliphatic hydroxyl groups excluding tert-OH is 1. The number of hydrogen-bond donors (Lipinski definition) is 2. The second-order valence-corrected chi connectivity index (χ2v) is 7.00. The summed E-state index contributed by atoms with van der Waals surface area (Å²) in [7, 11) is -3.78. The van der Waals surface area contributed by atoms with Crippen molar-refractivity contribution in [2.75, 3.05) is 0 Å². The van der Waals surface area contributed by atoms with E-state index in [1.165, 1.54) is 18.2 Å². The lowest BCUT2D eigenvalue weighted by molar-refractivity contribution is 0.319. The van der Waals surface area contributed by atoms with E-state index < -0.39 is 15.6 Å². The Morgan fingerprint density at radius 1 is 1.28 bits per heavy atom. The molecule has 2 rings (SSSR count). The summed E-state index contributed by atoms with van der Waals surface area (Å²) in [6, 6.07) is 4.42. The molecule has 0 aromatic heterocycles. The van der Waals surface area contributed by atoms with Crippen LogP contribution in [-0.4, -0.2) is 19.1 Å². The van der Waals surface area contributed by atoms with Gasteiger partial charge in [-0.2, -0.15) is 4.72 Å². The van der Waals surface area contributed by atoms with Gasteiger partial charge in [0.2, 0.25) is 10.0 Å². The van der Waals surface area contributed by atoms with Crippen LogP contribution in [0.3, 0.4) is 0 Å². The average Bonchev–Trinajstić information content (AvgIpc) is 2.34. The van der Waals surface area contributed by atoms with Gasteiger partial charge in [-0.15, -0.1) is 0 Å². The summed E-state index contributed by atoms with van der Waals surface area (Å²) in [5.74, 6) is -0.258.